The Hall–Kier alpha value is -3.13. The minimum atomic E-state index is -0.0981. The Balaban J connectivity index is 1.99. The second-order valence-corrected chi connectivity index (χ2v) is 5.67. The Morgan fingerprint density at radius 3 is 2.71 bits per heavy atom. The molecule has 0 radical (unpaired) electrons. The highest BCUT2D eigenvalue weighted by Crippen LogP contribution is 2.22. The van der Waals surface area contributed by atoms with E-state index in [9.17, 15) is 4.79 Å². The van der Waals surface area contributed by atoms with Crippen molar-refractivity contribution in [1.29, 1.82) is 5.26 Å². The minimum absolute atomic E-state index is 0.0981. The molecule has 3 aromatic rings. The van der Waals surface area contributed by atoms with Gasteiger partial charge < -0.3 is 4.90 Å². The smallest absolute Gasteiger partial charge is 0.253 e. The van der Waals surface area contributed by atoms with Crippen LogP contribution in [0.25, 0.3) is 16.7 Å². The molecule has 0 spiro atoms. The molecule has 24 heavy (non-hydrogen) atoms. The molecule has 0 saturated carbocycles. The molecule has 120 valence electrons. The van der Waals surface area contributed by atoms with Gasteiger partial charge >= 0.3 is 0 Å². The first-order valence-corrected chi connectivity index (χ1v) is 7.79. The van der Waals surface area contributed by atoms with Gasteiger partial charge in [-0.05, 0) is 37.3 Å². The van der Waals surface area contributed by atoms with Crippen LogP contribution in [-0.4, -0.2) is 34.0 Å². The average Bonchev–Trinajstić information content (AvgIpc) is 2.94. The van der Waals surface area contributed by atoms with E-state index < -0.39 is 0 Å². The van der Waals surface area contributed by atoms with E-state index in [1.54, 1.807) is 11.9 Å². The molecule has 0 bridgehead atoms. The minimum Gasteiger partial charge on any atom is -0.341 e. The van der Waals surface area contributed by atoms with E-state index in [1.165, 1.54) is 0 Å². The first-order valence-electron chi connectivity index (χ1n) is 7.79. The predicted molar refractivity (Wildman–Crippen MR) is 93.0 cm³/mol. The number of benzene rings is 2. The van der Waals surface area contributed by atoms with Gasteiger partial charge in [-0.15, -0.1) is 0 Å². The van der Waals surface area contributed by atoms with Crippen molar-refractivity contribution in [2.45, 2.75) is 13.3 Å². The van der Waals surface area contributed by atoms with Crippen molar-refractivity contribution in [2.75, 3.05) is 13.6 Å². The van der Waals surface area contributed by atoms with Gasteiger partial charge in [0.1, 0.15) is 5.82 Å². The third-order valence-corrected chi connectivity index (χ3v) is 3.99. The molecule has 2 aromatic carbocycles. The summed E-state index contributed by atoms with van der Waals surface area (Å²) in [5.74, 6) is 0.776. The fraction of sp³-hybridized carbons (Fsp3) is 0.211. The number of para-hydroxylation sites is 1. The van der Waals surface area contributed by atoms with Crippen molar-refractivity contribution >= 4 is 16.9 Å². The van der Waals surface area contributed by atoms with Gasteiger partial charge in [0.05, 0.1) is 23.5 Å². The molecule has 1 heterocycles. The molecule has 0 aliphatic heterocycles. The molecule has 0 fully saturated rings. The van der Waals surface area contributed by atoms with Crippen LogP contribution in [0.5, 0.6) is 0 Å². The van der Waals surface area contributed by atoms with E-state index in [4.69, 9.17) is 5.26 Å². The number of hydrogen-bond acceptors (Lipinski definition) is 3. The number of nitriles is 1. The molecule has 5 heteroatoms. The maximum absolute atomic E-state index is 12.4. The van der Waals surface area contributed by atoms with Gasteiger partial charge in [0.25, 0.3) is 5.91 Å². The lowest BCUT2D eigenvalue weighted by atomic mass is 10.1. The number of aromatic nitrogens is 2. The van der Waals surface area contributed by atoms with Crippen LogP contribution in [0.1, 0.15) is 22.6 Å². The number of aryl methyl sites for hydroxylation is 1. The van der Waals surface area contributed by atoms with Gasteiger partial charge in [-0.3, -0.25) is 9.36 Å². The van der Waals surface area contributed by atoms with E-state index >= 15 is 0 Å². The molecule has 0 unspecified atom stereocenters. The molecule has 0 saturated heterocycles. The summed E-state index contributed by atoms with van der Waals surface area (Å²) in [4.78, 5) is 18.6. The normalized spacial score (nSPS) is 10.5. The Morgan fingerprint density at radius 1 is 1.25 bits per heavy atom. The zero-order valence-corrected chi connectivity index (χ0v) is 13.7. The van der Waals surface area contributed by atoms with Crippen LogP contribution in [0, 0.1) is 18.3 Å². The molecular weight excluding hydrogens is 300 g/mol. The van der Waals surface area contributed by atoms with Crippen molar-refractivity contribution in [3.8, 4) is 11.8 Å². The lowest BCUT2D eigenvalue weighted by Gasteiger charge is -2.15. The van der Waals surface area contributed by atoms with Crippen molar-refractivity contribution < 1.29 is 4.79 Å². The maximum atomic E-state index is 12.4. The number of imidazole rings is 1. The van der Waals surface area contributed by atoms with Crippen molar-refractivity contribution in [1.82, 2.24) is 14.5 Å². The molecule has 1 aromatic heterocycles. The zero-order chi connectivity index (χ0) is 17.1. The number of hydrogen-bond donors (Lipinski definition) is 0. The Bertz CT molecular complexity index is 922. The molecule has 5 nitrogen and oxygen atoms in total. The zero-order valence-electron chi connectivity index (χ0n) is 13.7. The summed E-state index contributed by atoms with van der Waals surface area (Å²) in [6, 6.07) is 17.6. The van der Waals surface area contributed by atoms with Crippen molar-refractivity contribution in [2.24, 2.45) is 0 Å². The Labute approximate surface area is 140 Å². The first kappa shape index (κ1) is 15.8. The van der Waals surface area contributed by atoms with Crippen LogP contribution in [0.4, 0.5) is 0 Å². The van der Waals surface area contributed by atoms with Gasteiger partial charge in [0.15, 0.2) is 0 Å². The molecule has 0 aliphatic carbocycles. The van der Waals surface area contributed by atoms with Crippen LogP contribution < -0.4 is 0 Å². The Morgan fingerprint density at radius 2 is 2.00 bits per heavy atom. The van der Waals surface area contributed by atoms with Gasteiger partial charge in [-0.2, -0.15) is 5.26 Å². The number of fused-ring (bicyclic) bond motifs is 1. The summed E-state index contributed by atoms with van der Waals surface area (Å²) in [5.41, 5.74) is 3.38. The average molecular weight is 318 g/mol. The second kappa shape index (κ2) is 6.55. The van der Waals surface area contributed by atoms with Crippen molar-refractivity contribution in [3.05, 3.63) is 59.9 Å². The van der Waals surface area contributed by atoms with Gasteiger partial charge in [-0.1, -0.05) is 18.2 Å². The van der Waals surface area contributed by atoms with E-state index in [-0.39, 0.29) is 5.91 Å². The van der Waals surface area contributed by atoms with Crippen molar-refractivity contribution in [3.63, 3.8) is 0 Å². The molecule has 0 N–H and O–H groups in total. The highest BCUT2D eigenvalue weighted by atomic mass is 16.2. The lowest BCUT2D eigenvalue weighted by Crippen LogP contribution is -2.27. The van der Waals surface area contributed by atoms with Crippen LogP contribution >= 0.6 is 0 Å². The Kier molecular flexibility index (Phi) is 4.30. The number of carbonyl (C=O) groups is 1. The van der Waals surface area contributed by atoms with E-state index in [2.05, 4.69) is 15.6 Å². The van der Waals surface area contributed by atoms with E-state index in [0.717, 1.165) is 22.5 Å². The highest BCUT2D eigenvalue weighted by Gasteiger charge is 2.15. The molecular formula is C19H18N4O. The quantitative estimate of drug-likeness (QED) is 0.741. The number of amides is 1. The van der Waals surface area contributed by atoms with Crippen LogP contribution in [0.3, 0.4) is 0 Å². The van der Waals surface area contributed by atoms with Gasteiger partial charge in [-0.25, -0.2) is 4.98 Å². The summed E-state index contributed by atoms with van der Waals surface area (Å²) in [6.45, 7) is 2.37. The summed E-state index contributed by atoms with van der Waals surface area (Å²) < 4.78 is 2.07. The summed E-state index contributed by atoms with van der Waals surface area (Å²) in [6.07, 6.45) is 0.326. The SMILES string of the molecule is Cc1nc2cc(C(=O)N(C)CCC#N)ccc2n1-c1ccccc1. The number of carbonyl (C=O) groups excluding carboxylic acids is 1. The third-order valence-electron chi connectivity index (χ3n) is 3.99. The van der Waals surface area contributed by atoms with Gasteiger partial charge in [0, 0.05) is 24.8 Å². The van der Waals surface area contributed by atoms with Crippen LogP contribution in [0.15, 0.2) is 48.5 Å². The van der Waals surface area contributed by atoms with Gasteiger partial charge in [0.2, 0.25) is 0 Å². The van der Waals surface area contributed by atoms with Crippen LogP contribution in [0.2, 0.25) is 0 Å². The topological polar surface area (TPSA) is 61.9 Å². The highest BCUT2D eigenvalue weighted by molar-refractivity contribution is 5.97. The molecule has 1 amide bonds. The summed E-state index contributed by atoms with van der Waals surface area (Å²) in [7, 11) is 1.71. The fourth-order valence-corrected chi connectivity index (χ4v) is 2.78. The van der Waals surface area contributed by atoms with Crippen LogP contribution in [-0.2, 0) is 0 Å². The van der Waals surface area contributed by atoms with E-state index in [0.29, 0.717) is 18.5 Å². The van der Waals surface area contributed by atoms with E-state index in [1.807, 2.05) is 55.5 Å². The second-order valence-electron chi connectivity index (χ2n) is 5.67. The number of rotatable bonds is 4. The first-order chi connectivity index (χ1) is 11.6. The molecule has 0 aliphatic rings. The summed E-state index contributed by atoms with van der Waals surface area (Å²) in [5, 5.41) is 8.65. The molecule has 3 rings (SSSR count). The number of nitrogens with zero attached hydrogens (tertiary/aromatic N) is 4. The monoisotopic (exact) mass is 318 g/mol. The molecule has 0 atom stereocenters. The largest absolute Gasteiger partial charge is 0.341 e. The lowest BCUT2D eigenvalue weighted by molar-refractivity contribution is 0.0798. The summed E-state index contributed by atoms with van der Waals surface area (Å²) >= 11 is 0. The fourth-order valence-electron chi connectivity index (χ4n) is 2.78. The third kappa shape index (κ3) is 2.86. The standard InChI is InChI=1S/C19H18N4O/c1-14-21-17-13-15(19(24)22(2)12-6-11-20)9-10-18(17)23(14)16-7-4-3-5-8-16/h3-5,7-10,13H,6,12H2,1-2H3. The maximum Gasteiger partial charge on any atom is 0.253 e. The predicted octanol–water partition coefficient (Wildman–Crippen LogP) is 3.32.